The zero-order valence-electron chi connectivity index (χ0n) is 19.6. The zero-order chi connectivity index (χ0) is 23.5. The first kappa shape index (κ1) is 22.9. The van der Waals surface area contributed by atoms with Gasteiger partial charge in [-0.25, -0.2) is 9.59 Å². The number of anilines is 2. The number of fused-ring (bicyclic) bond motifs is 1. The fourth-order valence-electron chi connectivity index (χ4n) is 4.04. The number of carbonyl (C=O) groups is 1. The van der Waals surface area contributed by atoms with Gasteiger partial charge in [0.15, 0.2) is 0 Å². The van der Waals surface area contributed by atoms with Crippen LogP contribution in [0.5, 0.6) is 5.75 Å². The van der Waals surface area contributed by atoms with Crippen LogP contribution in [0.1, 0.15) is 43.7 Å². The lowest BCUT2D eigenvalue weighted by Gasteiger charge is -2.29. The van der Waals surface area contributed by atoms with E-state index in [1.54, 1.807) is 6.07 Å². The molecule has 0 radical (unpaired) electrons. The van der Waals surface area contributed by atoms with Crippen molar-refractivity contribution < 1.29 is 13.9 Å². The van der Waals surface area contributed by atoms with Crippen LogP contribution < -0.4 is 21.0 Å². The number of carbonyl (C=O) groups excluding carboxylic acids is 1. The Morgan fingerprint density at radius 1 is 1.09 bits per heavy atom. The Bertz CT molecular complexity index is 1190. The summed E-state index contributed by atoms with van der Waals surface area (Å²) in [6.45, 7) is 8.12. The minimum Gasteiger partial charge on any atom is -0.490 e. The fourth-order valence-corrected chi connectivity index (χ4v) is 4.04. The van der Waals surface area contributed by atoms with Crippen molar-refractivity contribution in [3.05, 3.63) is 64.0 Å². The number of nitrogens with zero attached hydrogens (tertiary/aromatic N) is 1. The quantitative estimate of drug-likeness (QED) is 0.514. The maximum absolute atomic E-state index is 12.6. The third-order valence-electron chi connectivity index (χ3n) is 6.14. The largest absolute Gasteiger partial charge is 0.490 e. The number of hydrogen-bond donors (Lipinski definition) is 2. The first-order chi connectivity index (χ1) is 15.8. The molecular weight excluding hydrogens is 418 g/mol. The molecule has 0 saturated carbocycles. The second kappa shape index (κ2) is 9.67. The van der Waals surface area contributed by atoms with Crippen LogP contribution in [0.25, 0.3) is 11.0 Å². The molecule has 0 unspecified atom stereocenters. The van der Waals surface area contributed by atoms with Gasteiger partial charge in [0.25, 0.3) is 0 Å². The Kier molecular flexibility index (Phi) is 6.70. The van der Waals surface area contributed by atoms with Crippen molar-refractivity contribution in [2.45, 2.75) is 45.6 Å². The van der Waals surface area contributed by atoms with Crippen LogP contribution in [0, 0.1) is 6.92 Å². The normalized spacial score (nSPS) is 15.1. The van der Waals surface area contributed by atoms with E-state index in [0.29, 0.717) is 17.2 Å². The van der Waals surface area contributed by atoms with Gasteiger partial charge in [-0.2, -0.15) is 0 Å². The highest BCUT2D eigenvalue weighted by atomic mass is 16.5. The first-order valence-corrected chi connectivity index (χ1v) is 11.4. The molecule has 1 aliphatic rings. The van der Waals surface area contributed by atoms with Crippen molar-refractivity contribution in [2.24, 2.45) is 0 Å². The van der Waals surface area contributed by atoms with Crippen LogP contribution >= 0.6 is 0 Å². The van der Waals surface area contributed by atoms with Crippen molar-refractivity contribution in [3.8, 4) is 5.75 Å². The molecule has 174 valence electrons. The van der Waals surface area contributed by atoms with Gasteiger partial charge in [0.1, 0.15) is 23.1 Å². The highest BCUT2D eigenvalue weighted by molar-refractivity contribution is 6.00. The number of hydrogen-bond acceptors (Lipinski definition) is 5. The topological polar surface area (TPSA) is 83.8 Å². The van der Waals surface area contributed by atoms with Gasteiger partial charge in [0, 0.05) is 29.7 Å². The number of rotatable bonds is 5. The molecule has 1 aliphatic heterocycles. The van der Waals surface area contributed by atoms with Crippen LogP contribution in [0.2, 0.25) is 0 Å². The van der Waals surface area contributed by atoms with Crippen molar-refractivity contribution in [2.75, 3.05) is 30.8 Å². The van der Waals surface area contributed by atoms with Crippen LogP contribution in [-0.4, -0.2) is 37.2 Å². The predicted octanol–water partition coefficient (Wildman–Crippen LogP) is 5.34. The van der Waals surface area contributed by atoms with Crippen molar-refractivity contribution in [1.82, 2.24) is 4.90 Å². The van der Waals surface area contributed by atoms with E-state index in [1.165, 1.54) is 5.56 Å². The lowest BCUT2D eigenvalue weighted by molar-refractivity contribution is 0.113. The van der Waals surface area contributed by atoms with Crippen LogP contribution in [0.3, 0.4) is 0 Å². The number of nitrogens with one attached hydrogen (secondary N) is 2. The highest BCUT2D eigenvalue weighted by Gasteiger charge is 2.20. The number of piperidine rings is 1. The maximum atomic E-state index is 12.6. The van der Waals surface area contributed by atoms with Gasteiger partial charge < -0.3 is 24.7 Å². The number of aryl methyl sites for hydroxylation is 1. The number of likely N-dealkylation sites (tertiary alicyclic amines) is 1. The molecule has 2 heterocycles. The minimum atomic E-state index is -0.604. The lowest BCUT2D eigenvalue weighted by Crippen LogP contribution is -2.35. The molecule has 1 aromatic heterocycles. The summed E-state index contributed by atoms with van der Waals surface area (Å²) in [6.07, 6.45) is 2.09. The molecule has 3 aromatic rings. The Balaban J connectivity index is 1.48. The second-order valence-electron chi connectivity index (χ2n) is 9.03. The van der Waals surface area contributed by atoms with Crippen molar-refractivity contribution >= 4 is 28.4 Å². The van der Waals surface area contributed by atoms with Crippen LogP contribution in [0.4, 0.5) is 16.2 Å². The van der Waals surface area contributed by atoms with E-state index in [-0.39, 0.29) is 11.8 Å². The molecule has 0 aliphatic carbocycles. The summed E-state index contributed by atoms with van der Waals surface area (Å²) in [4.78, 5) is 27.3. The molecule has 33 heavy (non-hydrogen) atoms. The van der Waals surface area contributed by atoms with E-state index >= 15 is 0 Å². The third-order valence-corrected chi connectivity index (χ3v) is 6.14. The summed E-state index contributed by atoms with van der Waals surface area (Å²) in [5.74, 6) is 1.14. The van der Waals surface area contributed by atoms with Gasteiger partial charge in [-0.3, -0.25) is 0 Å². The molecule has 2 N–H and O–H groups in total. The van der Waals surface area contributed by atoms with E-state index in [9.17, 15) is 9.59 Å². The van der Waals surface area contributed by atoms with Gasteiger partial charge in [0.05, 0.1) is 0 Å². The van der Waals surface area contributed by atoms with Gasteiger partial charge in [-0.15, -0.1) is 0 Å². The van der Waals surface area contributed by atoms with Gasteiger partial charge in [-0.1, -0.05) is 26.0 Å². The molecule has 2 amide bonds. The fraction of sp³-hybridized carbons (Fsp3) is 0.385. The van der Waals surface area contributed by atoms with E-state index in [0.717, 1.165) is 42.6 Å². The summed E-state index contributed by atoms with van der Waals surface area (Å²) in [5.41, 5.74) is 2.57. The molecule has 0 atom stereocenters. The molecule has 1 saturated heterocycles. The van der Waals surface area contributed by atoms with Gasteiger partial charge >= 0.3 is 11.7 Å². The van der Waals surface area contributed by atoms with E-state index < -0.39 is 11.7 Å². The average molecular weight is 450 g/mol. The Labute approximate surface area is 193 Å². The third kappa shape index (κ3) is 5.37. The van der Waals surface area contributed by atoms with E-state index in [2.05, 4.69) is 36.4 Å². The molecule has 7 heteroatoms. The first-order valence-electron chi connectivity index (χ1n) is 11.4. The molecule has 0 bridgehead atoms. The predicted molar refractivity (Wildman–Crippen MR) is 132 cm³/mol. The van der Waals surface area contributed by atoms with Gasteiger partial charge in [0.2, 0.25) is 0 Å². The van der Waals surface area contributed by atoms with Crippen LogP contribution in [-0.2, 0) is 0 Å². The van der Waals surface area contributed by atoms with Gasteiger partial charge in [-0.05, 0) is 68.6 Å². The summed E-state index contributed by atoms with van der Waals surface area (Å²) in [6, 6.07) is 12.5. The minimum absolute atomic E-state index is 0.0854. The average Bonchev–Trinajstić information content (AvgIpc) is 2.78. The Hall–Kier alpha value is -3.32. The summed E-state index contributed by atoms with van der Waals surface area (Å²) in [7, 11) is 2.11. The smallest absolute Gasteiger partial charge is 0.360 e. The van der Waals surface area contributed by atoms with E-state index in [4.69, 9.17) is 9.15 Å². The summed E-state index contributed by atoms with van der Waals surface area (Å²) < 4.78 is 11.8. The SMILES string of the molecule is Cc1c(OC2CCN(C)CC2)ccc2cc(NC(=O)Nc3ccc(C(C)C)cc3)c(=O)oc12. The molecule has 7 nitrogen and oxygen atoms in total. The summed E-state index contributed by atoms with van der Waals surface area (Å²) in [5, 5.41) is 6.07. The van der Waals surface area contributed by atoms with E-state index in [1.807, 2.05) is 43.3 Å². The number of amides is 2. The van der Waals surface area contributed by atoms with Crippen LogP contribution in [0.15, 0.2) is 51.7 Å². The highest BCUT2D eigenvalue weighted by Crippen LogP contribution is 2.30. The monoisotopic (exact) mass is 449 g/mol. The molecular formula is C26H31N3O4. The summed E-state index contributed by atoms with van der Waals surface area (Å²) >= 11 is 0. The molecule has 2 aromatic carbocycles. The zero-order valence-corrected chi connectivity index (χ0v) is 19.6. The molecule has 4 rings (SSSR count). The molecule has 1 fully saturated rings. The standard InChI is InChI=1S/C26H31N3O4/c1-16(2)18-5-8-20(9-6-18)27-26(31)28-22-15-19-7-10-23(17(3)24(19)33-25(22)30)32-21-11-13-29(4)14-12-21/h5-10,15-16,21H,11-14H2,1-4H3,(H2,27,28,31). The number of benzene rings is 2. The maximum Gasteiger partial charge on any atom is 0.360 e. The number of urea groups is 1. The Morgan fingerprint density at radius 3 is 2.45 bits per heavy atom. The van der Waals surface area contributed by atoms with Crippen molar-refractivity contribution in [3.63, 3.8) is 0 Å². The van der Waals surface area contributed by atoms with Crippen molar-refractivity contribution in [1.29, 1.82) is 0 Å². The second-order valence-corrected chi connectivity index (χ2v) is 9.03. The molecule has 0 spiro atoms. The lowest BCUT2D eigenvalue weighted by atomic mass is 10.0. The number of ether oxygens (including phenoxy) is 1. The Morgan fingerprint density at radius 2 is 1.79 bits per heavy atom.